The lowest BCUT2D eigenvalue weighted by Crippen LogP contribution is -2.50. The predicted octanol–water partition coefficient (Wildman–Crippen LogP) is 1.75. The zero-order valence-corrected chi connectivity index (χ0v) is 14.7. The molecule has 0 radical (unpaired) electrons. The molecule has 2 heterocycles. The number of nitrogens with one attached hydrogen (secondary N) is 2. The van der Waals surface area contributed by atoms with Crippen LogP contribution in [-0.4, -0.2) is 52.8 Å². The highest BCUT2D eigenvalue weighted by Crippen LogP contribution is 2.13. The Morgan fingerprint density at radius 1 is 1.38 bits per heavy atom. The van der Waals surface area contributed by atoms with Gasteiger partial charge in [-0.1, -0.05) is 19.9 Å². The minimum Gasteiger partial charge on any atom is -0.394 e. The number of pyridine rings is 1. The number of carbonyl (C=O) groups is 1. The number of aliphatic hydroxyl groups is 1. The van der Waals surface area contributed by atoms with E-state index in [2.05, 4.69) is 34.4 Å². The summed E-state index contributed by atoms with van der Waals surface area (Å²) in [5.74, 6) is 0.442. The van der Waals surface area contributed by atoms with Crippen molar-refractivity contribution in [2.24, 2.45) is 5.92 Å². The molecule has 0 bridgehead atoms. The van der Waals surface area contributed by atoms with Gasteiger partial charge in [0, 0.05) is 31.9 Å². The molecule has 1 aromatic heterocycles. The number of likely N-dealkylation sites (tertiary alicyclic amines) is 1. The molecular formula is C18H30N4O2. The van der Waals surface area contributed by atoms with Gasteiger partial charge in [0.25, 0.3) is 0 Å². The molecule has 1 saturated heterocycles. The van der Waals surface area contributed by atoms with Gasteiger partial charge in [0.2, 0.25) is 0 Å². The number of carbonyl (C=O) groups excluding carboxylic acids is 1. The van der Waals surface area contributed by atoms with Crippen molar-refractivity contribution in [3.63, 3.8) is 0 Å². The second-order valence-electron chi connectivity index (χ2n) is 7.00. The van der Waals surface area contributed by atoms with Gasteiger partial charge in [-0.2, -0.15) is 0 Å². The summed E-state index contributed by atoms with van der Waals surface area (Å²) in [5, 5.41) is 15.3. The van der Waals surface area contributed by atoms with Crippen LogP contribution in [0.2, 0.25) is 0 Å². The molecule has 1 aliphatic rings. The van der Waals surface area contributed by atoms with Gasteiger partial charge in [0.05, 0.1) is 18.3 Å². The van der Waals surface area contributed by atoms with E-state index in [1.165, 1.54) is 0 Å². The number of aliphatic hydroxyl groups excluding tert-OH is 1. The van der Waals surface area contributed by atoms with Crippen LogP contribution in [0.15, 0.2) is 24.4 Å². The van der Waals surface area contributed by atoms with Gasteiger partial charge in [-0.05, 0) is 37.3 Å². The largest absolute Gasteiger partial charge is 0.394 e. The first-order valence-electron chi connectivity index (χ1n) is 8.87. The van der Waals surface area contributed by atoms with E-state index in [1.807, 2.05) is 24.4 Å². The first-order valence-corrected chi connectivity index (χ1v) is 8.87. The smallest absolute Gasteiger partial charge is 0.315 e. The summed E-state index contributed by atoms with van der Waals surface area (Å²) >= 11 is 0. The van der Waals surface area contributed by atoms with E-state index >= 15 is 0 Å². The lowest BCUT2D eigenvalue weighted by molar-refractivity contribution is 0.178. The van der Waals surface area contributed by atoms with Crippen molar-refractivity contribution in [3.05, 3.63) is 30.1 Å². The van der Waals surface area contributed by atoms with Crippen LogP contribution in [-0.2, 0) is 6.54 Å². The van der Waals surface area contributed by atoms with Crippen molar-refractivity contribution in [1.29, 1.82) is 0 Å². The Labute approximate surface area is 144 Å². The maximum absolute atomic E-state index is 12.1. The van der Waals surface area contributed by atoms with Gasteiger partial charge in [-0.25, -0.2) is 4.79 Å². The molecule has 1 fully saturated rings. The average molecular weight is 334 g/mol. The van der Waals surface area contributed by atoms with Crippen LogP contribution >= 0.6 is 0 Å². The first-order chi connectivity index (χ1) is 11.6. The van der Waals surface area contributed by atoms with Gasteiger partial charge in [0.1, 0.15) is 0 Å². The van der Waals surface area contributed by atoms with Crippen LogP contribution in [0.4, 0.5) is 4.79 Å². The fourth-order valence-corrected chi connectivity index (χ4v) is 3.12. The van der Waals surface area contributed by atoms with Crippen molar-refractivity contribution in [1.82, 2.24) is 20.5 Å². The summed E-state index contributed by atoms with van der Waals surface area (Å²) in [6.07, 6.45) is 4.48. The molecule has 0 aromatic carbocycles. The van der Waals surface area contributed by atoms with Crippen molar-refractivity contribution < 1.29 is 9.90 Å². The Morgan fingerprint density at radius 3 is 2.71 bits per heavy atom. The van der Waals surface area contributed by atoms with E-state index in [-0.39, 0.29) is 24.7 Å². The van der Waals surface area contributed by atoms with Crippen molar-refractivity contribution in [3.8, 4) is 0 Å². The minimum atomic E-state index is -0.172. The molecule has 2 amide bonds. The Balaban J connectivity index is 1.69. The molecule has 1 unspecified atom stereocenters. The van der Waals surface area contributed by atoms with E-state index in [0.717, 1.165) is 44.6 Å². The van der Waals surface area contributed by atoms with Crippen molar-refractivity contribution in [2.75, 3.05) is 19.7 Å². The van der Waals surface area contributed by atoms with Crippen LogP contribution in [0.5, 0.6) is 0 Å². The normalized spacial score (nSPS) is 17.7. The number of amides is 2. The molecule has 1 atom stereocenters. The molecule has 1 aromatic rings. The molecule has 6 nitrogen and oxygen atoms in total. The molecule has 0 aliphatic carbocycles. The highest BCUT2D eigenvalue weighted by atomic mass is 16.3. The highest BCUT2D eigenvalue weighted by Gasteiger charge is 2.22. The van der Waals surface area contributed by atoms with E-state index in [9.17, 15) is 9.90 Å². The van der Waals surface area contributed by atoms with E-state index in [0.29, 0.717) is 5.92 Å². The first kappa shape index (κ1) is 18.7. The Morgan fingerprint density at radius 2 is 2.12 bits per heavy atom. The summed E-state index contributed by atoms with van der Waals surface area (Å²) in [6.45, 7) is 6.92. The van der Waals surface area contributed by atoms with E-state index < -0.39 is 0 Å². The third kappa shape index (κ3) is 6.45. The summed E-state index contributed by atoms with van der Waals surface area (Å²) in [6, 6.07) is 5.84. The molecule has 2 rings (SSSR count). The standard InChI is InChI=1S/C18H30N4O2/c1-14(2)11-17(13-23)21-18(24)20-15-6-9-22(10-7-15)12-16-5-3-4-8-19-16/h3-5,8,14-15,17,23H,6-7,9-13H2,1-2H3,(H2,20,21,24). The van der Waals surface area contributed by atoms with Gasteiger partial charge < -0.3 is 15.7 Å². The fourth-order valence-electron chi connectivity index (χ4n) is 3.12. The Kier molecular flexibility index (Phi) is 7.46. The zero-order valence-electron chi connectivity index (χ0n) is 14.7. The average Bonchev–Trinajstić information content (AvgIpc) is 2.56. The maximum Gasteiger partial charge on any atom is 0.315 e. The van der Waals surface area contributed by atoms with E-state index in [1.54, 1.807) is 0 Å². The van der Waals surface area contributed by atoms with Crippen LogP contribution < -0.4 is 10.6 Å². The number of hydrogen-bond acceptors (Lipinski definition) is 4. The third-order valence-corrected chi connectivity index (χ3v) is 4.35. The third-order valence-electron chi connectivity index (χ3n) is 4.35. The van der Waals surface area contributed by atoms with Crippen LogP contribution in [0.1, 0.15) is 38.8 Å². The monoisotopic (exact) mass is 334 g/mol. The van der Waals surface area contributed by atoms with Crippen molar-refractivity contribution in [2.45, 2.75) is 51.7 Å². The van der Waals surface area contributed by atoms with Gasteiger partial charge >= 0.3 is 6.03 Å². The quantitative estimate of drug-likeness (QED) is 0.710. The Bertz CT molecular complexity index is 487. The summed E-state index contributed by atoms with van der Waals surface area (Å²) in [4.78, 5) is 18.8. The fraction of sp³-hybridized carbons (Fsp3) is 0.667. The topological polar surface area (TPSA) is 77.5 Å². The predicted molar refractivity (Wildman–Crippen MR) is 94.5 cm³/mol. The van der Waals surface area contributed by atoms with Gasteiger partial charge in [-0.3, -0.25) is 9.88 Å². The van der Waals surface area contributed by atoms with Gasteiger partial charge in [0.15, 0.2) is 0 Å². The molecule has 1 aliphatic heterocycles. The number of hydrogen-bond donors (Lipinski definition) is 3. The molecule has 24 heavy (non-hydrogen) atoms. The number of urea groups is 1. The lowest BCUT2D eigenvalue weighted by atomic mass is 10.0. The molecule has 6 heteroatoms. The lowest BCUT2D eigenvalue weighted by Gasteiger charge is -2.32. The van der Waals surface area contributed by atoms with Crippen LogP contribution in [0, 0.1) is 5.92 Å². The van der Waals surface area contributed by atoms with Crippen molar-refractivity contribution >= 4 is 6.03 Å². The number of aromatic nitrogens is 1. The van der Waals surface area contributed by atoms with Gasteiger partial charge in [-0.15, -0.1) is 0 Å². The number of piperidine rings is 1. The highest BCUT2D eigenvalue weighted by molar-refractivity contribution is 5.74. The zero-order chi connectivity index (χ0) is 17.4. The Hall–Kier alpha value is -1.66. The molecule has 134 valence electrons. The molecule has 0 spiro atoms. The minimum absolute atomic E-state index is 0.0197. The molecule has 3 N–H and O–H groups in total. The number of nitrogens with zero attached hydrogens (tertiary/aromatic N) is 2. The SMILES string of the molecule is CC(C)CC(CO)NC(=O)NC1CCN(Cc2ccccn2)CC1. The summed E-state index contributed by atoms with van der Waals surface area (Å²) in [7, 11) is 0. The van der Waals surface area contributed by atoms with Crippen LogP contribution in [0.25, 0.3) is 0 Å². The molecular weight excluding hydrogens is 304 g/mol. The molecule has 0 saturated carbocycles. The second-order valence-corrected chi connectivity index (χ2v) is 7.00. The number of rotatable bonds is 7. The maximum atomic E-state index is 12.1. The van der Waals surface area contributed by atoms with E-state index in [4.69, 9.17) is 0 Å². The second kappa shape index (κ2) is 9.59. The van der Waals surface area contributed by atoms with Crippen LogP contribution in [0.3, 0.4) is 0 Å². The summed E-state index contributed by atoms with van der Waals surface area (Å²) < 4.78 is 0. The summed E-state index contributed by atoms with van der Waals surface area (Å²) in [5.41, 5.74) is 1.08.